The molecule has 22 heavy (non-hydrogen) atoms. The molecular weight excluding hydrogens is 280 g/mol. The SMILES string of the molecule is CCCNC(=O)C1CCCN(C(=O)C=Cc2ccc(C)o2)C1. The van der Waals surface area contributed by atoms with E-state index in [1.54, 1.807) is 11.0 Å². The van der Waals surface area contributed by atoms with E-state index >= 15 is 0 Å². The third kappa shape index (κ3) is 4.48. The van der Waals surface area contributed by atoms with Crippen molar-refractivity contribution in [1.29, 1.82) is 0 Å². The molecule has 5 nitrogen and oxygen atoms in total. The van der Waals surface area contributed by atoms with E-state index < -0.39 is 0 Å². The van der Waals surface area contributed by atoms with Crippen molar-refractivity contribution < 1.29 is 14.0 Å². The molecule has 0 radical (unpaired) electrons. The first-order chi connectivity index (χ1) is 10.6. The number of nitrogens with one attached hydrogen (secondary N) is 1. The average Bonchev–Trinajstić information content (AvgIpc) is 2.96. The standard InChI is InChI=1S/C17H24N2O3/c1-3-10-18-17(21)14-5-4-11-19(12-14)16(20)9-8-15-7-6-13(2)22-15/h6-9,14H,3-5,10-12H2,1-2H3,(H,18,21). The van der Waals surface area contributed by atoms with Gasteiger partial charge in [0.25, 0.3) is 0 Å². The van der Waals surface area contributed by atoms with Gasteiger partial charge in [-0.15, -0.1) is 0 Å². The summed E-state index contributed by atoms with van der Waals surface area (Å²) in [6.07, 6.45) is 5.83. The number of likely N-dealkylation sites (tertiary alicyclic amines) is 1. The topological polar surface area (TPSA) is 62.6 Å². The summed E-state index contributed by atoms with van der Waals surface area (Å²) >= 11 is 0. The molecule has 1 aliphatic heterocycles. The van der Waals surface area contributed by atoms with Crippen molar-refractivity contribution in [1.82, 2.24) is 10.2 Å². The first-order valence-electron chi connectivity index (χ1n) is 7.91. The summed E-state index contributed by atoms with van der Waals surface area (Å²) in [4.78, 5) is 26.0. The van der Waals surface area contributed by atoms with Crippen LogP contribution in [-0.2, 0) is 9.59 Å². The van der Waals surface area contributed by atoms with Crippen LogP contribution < -0.4 is 5.32 Å². The molecule has 5 heteroatoms. The number of aryl methyl sites for hydroxylation is 1. The fourth-order valence-corrected chi connectivity index (χ4v) is 2.59. The Morgan fingerprint density at radius 3 is 2.95 bits per heavy atom. The van der Waals surface area contributed by atoms with Gasteiger partial charge in [0.05, 0.1) is 5.92 Å². The van der Waals surface area contributed by atoms with E-state index in [0.717, 1.165) is 25.0 Å². The zero-order valence-electron chi connectivity index (χ0n) is 13.3. The predicted octanol–water partition coefficient (Wildman–Crippen LogP) is 2.37. The van der Waals surface area contributed by atoms with Gasteiger partial charge in [-0.05, 0) is 44.4 Å². The van der Waals surface area contributed by atoms with Gasteiger partial charge in [0, 0.05) is 25.7 Å². The van der Waals surface area contributed by atoms with Crippen LogP contribution in [0, 0.1) is 12.8 Å². The van der Waals surface area contributed by atoms with Crippen molar-refractivity contribution >= 4 is 17.9 Å². The van der Waals surface area contributed by atoms with Crippen molar-refractivity contribution in [2.45, 2.75) is 33.1 Å². The number of nitrogens with zero attached hydrogens (tertiary/aromatic N) is 1. The van der Waals surface area contributed by atoms with E-state index in [2.05, 4.69) is 5.32 Å². The lowest BCUT2D eigenvalue weighted by molar-refractivity contribution is -0.132. The van der Waals surface area contributed by atoms with Gasteiger partial charge in [-0.25, -0.2) is 0 Å². The maximum atomic E-state index is 12.2. The van der Waals surface area contributed by atoms with Crippen LogP contribution in [0.2, 0.25) is 0 Å². The van der Waals surface area contributed by atoms with Crippen molar-refractivity contribution in [3.63, 3.8) is 0 Å². The molecule has 1 fully saturated rings. The number of piperidine rings is 1. The predicted molar refractivity (Wildman–Crippen MR) is 85.1 cm³/mol. The normalized spacial score (nSPS) is 18.6. The third-order valence-electron chi connectivity index (χ3n) is 3.80. The lowest BCUT2D eigenvalue weighted by Crippen LogP contribution is -2.45. The second-order valence-corrected chi connectivity index (χ2v) is 5.70. The molecule has 1 N–H and O–H groups in total. The van der Waals surface area contributed by atoms with Crippen LogP contribution in [0.3, 0.4) is 0 Å². The summed E-state index contributed by atoms with van der Waals surface area (Å²) in [5.74, 6) is 1.38. The Hall–Kier alpha value is -2.04. The fraction of sp³-hybridized carbons (Fsp3) is 0.529. The fourth-order valence-electron chi connectivity index (χ4n) is 2.59. The van der Waals surface area contributed by atoms with Gasteiger partial charge in [-0.3, -0.25) is 9.59 Å². The second kappa shape index (κ2) is 7.82. The number of furan rings is 1. The number of hydrogen-bond donors (Lipinski definition) is 1. The Morgan fingerprint density at radius 2 is 2.27 bits per heavy atom. The monoisotopic (exact) mass is 304 g/mol. The van der Waals surface area contributed by atoms with Crippen LogP contribution in [0.25, 0.3) is 6.08 Å². The number of carbonyl (C=O) groups is 2. The Bertz CT molecular complexity index is 548. The maximum absolute atomic E-state index is 12.2. The molecule has 0 saturated carbocycles. The highest BCUT2D eigenvalue weighted by atomic mass is 16.3. The van der Waals surface area contributed by atoms with Gasteiger partial charge in [-0.2, -0.15) is 0 Å². The van der Waals surface area contributed by atoms with Crippen LogP contribution in [-0.4, -0.2) is 36.3 Å². The molecule has 0 spiro atoms. The molecule has 1 aromatic heterocycles. The summed E-state index contributed by atoms with van der Waals surface area (Å²) in [7, 11) is 0. The van der Waals surface area contributed by atoms with E-state index in [4.69, 9.17) is 4.42 Å². The van der Waals surface area contributed by atoms with E-state index in [9.17, 15) is 9.59 Å². The smallest absolute Gasteiger partial charge is 0.246 e. The van der Waals surface area contributed by atoms with E-state index in [-0.39, 0.29) is 17.7 Å². The molecule has 0 aliphatic carbocycles. The Balaban J connectivity index is 1.89. The van der Waals surface area contributed by atoms with Gasteiger partial charge < -0.3 is 14.6 Å². The zero-order valence-corrected chi connectivity index (χ0v) is 13.3. The van der Waals surface area contributed by atoms with Crippen molar-refractivity contribution in [3.8, 4) is 0 Å². The molecule has 1 atom stereocenters. The third-order valence-corrected chi connectivity index (χ3v) is 3.80. The Morgan fingerprint density at radius 1 is 1.45 bits per heavy atom. The minimum absolute atomic E-state index is 0.0602. The van der Waals surface area contributed by atoms with Crippen LogP contribution in [0.15, 0.2) is 22.6 Å². The van der Waals surface area contributed by atoms with Gasteiger partial charge >= 0.3 is 0 Å². The molecule has 2 heterocycles. The van der Waals surface area contributed by atoms with Crippen LogP contribution in [0.1, 0.15) is 37.7 Å². The molecule has 1 aliphatic rings. The summed E-state index contributed by atoms with van der Waals surface area (Å²) in [5.41, 5.74) is 0. The van der Waals surface area contributed by atoms with Gasteiger partial charge in [0.15, 0.2) is 0 Å². The highest BCUT2D eigenvalue weighted by molar-refractivity contribution is 5.92. The van der Waals surface area contributed by atoms with Gasteiger partial charge in [0.2, 0.25) is 11.8 Å². The number of rotatable bonds is 5. The Kier molecular flexibility index (Phi) is 5.81. The van der Waals surface area contributed by atoms with E-state index in [1.807, 2.05) is 26.0 Å². The van der Waals surface area contributed by atoms with Crippen LogP contribution in [0.4, 0.5) is 0 Å². The molecular formula is C17H24N2O3. The van der Waals surface area contributed by atoms with Gasteiger partial charge in [-0.1, -0.05) is 6.92 Å². The highest BCUT2D eigenvalue weighted by Gasteiger charge is 2.27. The quantitative estimate of drug-likeness (QED) is 0.849. The number of amides is 2. The van der Waals surface area contributed by atoms with Gasteiger partial charge in [0.1, 0.15) is 11.5 Å². The molecule has 1 unspecified atom stereocenters. The molecule has 1 aromatic rings. The summed E-state index contributed by atoms with van der Waals surface area (Å²) in [5, 5.41) is 2.91. The first-order valence-corrected chi connectivity index (χ1v) is 7.91. The van der Waals surface area contributed by atoms with E-state index in [1.165, 1.54) is 6.08 Å². The highest BCUT2D eigenvalue weighted by Crippen LogP contribution is 2.17. The van der Waals surface area contributed by atoms with Crippen LogP contribution >= 0.6 is 0 Å². The average molecular weight is 304 g/mol. The van der Waals surface area contributed by atoms with Crippen molar-refractivity contribution in [3.05, 3.63) is 29.7 Å². The number of carbonyl (C=O) groups excluding carboxylic acids is 2. The molecule has 120 valence electrons. The lowest BCUT2D eigenvalue weighted by atomic mass is 9.97. The zero-order chi connectivity index (χ0) is 15.9. The second-order valence-electron chi connectivity index (χ2n) is 5.70. The van der Waals surface area contributed by atoms with Crippen molar-refractivity contribution in [2.24, 2.45) is 5.92 Å². The summed E-state index contributed by atoms with van der Waals surface area (Å²) in [6, 6.07) is 3.69. The maximum Gasteiger partial charge on any atom is 0.246 e. The molecule has 0 aromatic carbocycles. The molecule has 1 saturated heterocycles. The van der Waals surface area contributed by atoms with Crippen molar-refractivity contribution in [2.75, 3.05) is 19.6 Å². The minimum Gasteiger partial charge on any atom is -0.462 e. The lowest BCUT2D eigenvalue weighted by Gasteiger charge is -2.31. The number of hydrogen-bond acceptors (Lipinski definition) is 3. The molecule has 2 rings (SSSR count). The van der Waals surface area contributed by atoms with E-state index in [0.29, 0.717) is 25.4 Å². The minimum atomic E-state index is -0.0940. The van der Waals surface area contributed by atoms with Crippen LogP contribution in [0.5, 0.6) is 0 Å². The summed E-state index contributed by atoms with van der Waals surface area (Å²) < 4.78 is 5.40. The summed E-state index contributed by atoms with van der Waals surface area (Å²) in [6.45, 7) is 5.79. The Labute approximate surface area is 131 Å². The first kappa shape index (κ1) is 16.3. The molecule has 0 bridgehead atoms. The molecule has 2 amide bonds. The largest absolute Gasteiger partial charge is 0.462 e.